The van der Waals surface area contributed by atoms with Gasteiger partial charge in [-0.25, -0.2) is 0 Å². The third kappa shape index (κ3) is 6.87. The second-order valence-corrected chi connectivity index (χ2v) is 5.57. The molecule has 1 unspecified atom stereocenters. The van der Waals surface area contributed by atoms with Crippen LogP contribution in [0, 0.1) is 5.41 Å². The number of carbonyl (C=O) groups is 1. The topological polar surface area (TPSA) is 47.9 Å². The van der Waals surface area contributed by atoms with E-state index in [1.807, 2.05) is 0 Å². The van der Waals surface area contributed by atoms with E-state index in [0.717, 1.165) is 38.9 Å². The number of aliphatic imine (C=N–C) groups is 1. The summed E-state index contributed by atoms with van der Waals surface area (Å²) >= 11 is 0. The summed E-state index contributed by atoms with van der Waals surface area (Å²) < 4.78 is 11.4. The molecule has 0 aromatic carbocycles. The highest BCUT2D eigenvalue weighted by Gasteiger charge is 2.21. The molecule has 1 saturated heterocycles. The Morgan fingerprint density at radius 2 is 2.28 bits per heavy atom. The molecule has 4 nitrogen and oxygen atoms in total. The maximum atomic E-state index is 10.1. The molecule has 0 aromatic rings. The Balaban J connectivity index is 2.13. The van der Waals surface area contributed by atoms with Crippen LogP contribution in [0.25, 0.3) is 0 Å². The lowest BCUT2D eigenvalue weighted by Crippen LogP contribution is -2.28. The van der Waals surface area contributed by atoms with Crippen molar-refractivity contribution >= 4 is 12.5 Å². The summed E-state index contributed by atoms with van der Waals surface area (Å²) in [5.74, 6) is 0. The molecule has 0 amide bonds. The molecule has 0 aliphatic carbocycles. The SMILES string of the molecule is CC(C)(CCCN=CC=O)COC1CCCCO1. The van der Waals surface area contributed by atoms with Gasteiger partial charge in [-0.15, -0.1) is 0 Å². The summed E-state index contributed by atoms with van der Waals surface area (Å²) in [6.45, 7) is 6.64. The summed E-state index contributed by atoms with van der Waals surface area (Å²) in [5, 5.41) is 0. The normalized spacial score (nSPS) is 21.3. The Bertz CT molecular complexity index is 258. The predicted octanol–water partition coefficient (Wildman–Crippen LogP) is 2.61. The van der Waals surface area contributed by atoms with Crippen LogP contribution in [0.3, 0.4) is 0 Å². The second-order valence-electron chi connectivity index (χ2n) is 5.57. The van der Waals surface area contributed by atoms with Gasteiger partial charge in [0.1, 0.15) is 0 Å². The van der Waals surface area contributed by atoms with E-state index in [9.17, 15) is 4.79 Å². The standard InChI is InChI=1S/C14H25NO3/c1-14(2,7-5-8-15-9-10-16)12-18-13-6-3-4-11-17-13/h9-10,13H,3-8,11-12H2,1-2H3. The summed E-state index contributed by atoms with van der Waals surface area (Å²) in [7, 11) is 0. The zero-order valence-electron chi connectivity index (χ0n) is 11.6. The molecule has 0 N–H and O–H groups in total. The lowest BCUT2D eigenvalue weighted by molar-refractivity contribution is -0.176. The van der Waals surface area contributed by atoms with E-state index in [2.05, 4.69) is 18.8 Å². The van der Waals surface area contributed by atoms with Crippen LogP contribution in [0.15, 0.2) is 4.99 Å². The molecule has 1 fully saturated rings. The second kappa shape index (κ2) is 8.38. The Labute approximate surface area is 110 Å². The highest BCUT2D eigenvalue weighted by Crippen LogP contribution is 2.25. The number of hydrogen-bond donors (Lipinski definition) is 0. The molecule has 1 heterocycles. The molecule has 1 rings (SSSR count). The van der Waals surface area contributed by atoms with E-state index in [4.69, 9.17) is 9.47 Å². The van der Waals surface area contributed by atoms with Gasteiger partial charge in [0, 0.05) is 13.2 Å². The van der Waals surface area contributed by atoms with Gasteiger partial charge in [0.25, 0.3) is 0 Å². The molecular formula is C14H25NO3. The van der Waals surface area contributed by atoms with Crippen molar-refractivity contribution < 1.29 is 14.3 Å². The van der Waals surface area contributed by atoms with Gasteiger partial charge in [-0.1, -0.05) is 13.8 Å². The Hall–Kier alpha value is -0.740. The fourth-order valence-electron chi connectivity index (χ4n) is 2.00. The van der Waals surface area contributed by atoms with Crippen molar-refractivity contribution in [2.45, 2.75) is 52.2 Å². The van der Waals surface area contributed by atoms with E-state index in [0.29, 0.717) is 12.8 Å². The first-order valence-corrected chi connectivity index (χ1v) is 6.81. The predicted molar refractivity (Wildman–Crippen MR) is 72.0 cm³/mol. The number of nitrogens with zero attached hydrogens (tertiary/aromatic N) is 1. The first-order valence-electron chi connectivity index (χ1n) is 6.81. The average molecular weight is 255 g/mol. The van der Waals surface area contributed by atoms with Gasteiger partial charge in [-0.05, 0) is 37.5 Å². The van der Waals surface area contributed by atoms with Crippen molar-refractivity contribution in [3.05, 3.63) is 0 Å². The number of rotatable bonds is 8. The van der Waals surface area contributed by atoms with E-state index in [1.54, 1.807) is 0 Å². The minimum Gasteiger partial charge on any atom is -0.353 e. The van der Waals surface area contributed by atoms with Gasteiger partial charge < -0.3 is 9.47 Å². The molecule has 0 spiro atoms. The molecule has 1 aliphatic heterocycles. The number of carbonyl (C=O) groups excluding carboxylic acids is 1. The van der Waals surface area contributed by atoms with Crippen LogP contribution < -0.4 is 0 Å². The molecule has 4 heteroatoms. The molecule has 1 atom stereocenters. The largest absolute Gasteiger partial charge is 0.353 e. The summed E-state index contributed by atoms with van der Waals surface area (Å²) in [6.07, 6.45) is 7.41. The lowest BCUT2D eigenvalue weighted by atomic mass is 9.89. The maximum Gasteiger partial charge on any atom is 0.160 e. The maximum absolute atomic E-state index is 10.1. The van der Waals surface area contributed by atoms with Crippen molar-refractivity contribution in [3.8, 4) is 0 Å². The quantitative estimate of drug-likeness (QED) is 0.380. The van der Waals surface area contributed by atoms with Crippen molar-refractivity contribution in [1.29, 1.82) is 0 Å². The van der Waals surface area contributed by atoms with Crippen LogP contribution in [-0.4, -0.2) is 38.5 Å². The van der Waals surface area contributed by atoms with Crippen molar-refractivity contribution in [2.24, 2.45) is 10.4 Å². The molecule has 1 aliphatic rings. The van der Waals surface area contributed by atoms with Crippen molar-refractivity contribution in [3.63, 3.8) is 0 Å². The van der Waals surface area contributed by atoms with Crippen LogP contribution in [0.2, 0.25) is 0 Å². The smallest absolute Gasteiger partial charge is 0.160 e. The third-order valence-corrected chi connectivity index (χ3v) is 3.10. The molecule has 0 saturated carbocycles. The molecule has 104 valence electrons. The lowest BCUT2D eigenvalue weighted by Gasteiger charge is -2.29. The van der Waals surface area contributed by atoms with Gasteiger partial charge >= 0.3 is 0 Å². The summed E-state index contributed by atoms with van der Waals surface area (Å²) in [4.78, 5) is 14.0. The monoisotopic (exact) mass is 255 g/mol. The van der Waals surface area contributed by atoms with E-state index >= 15 is 0 Å². The summed E-state index contributed by atoms with van der Waals surface area (Å²) in [6, 6.07) is 0. The Morgan fingerprint density at radius 1 is 1.44 bits per heavy atom. The highest BCUT2D eigenvalue weighted by molar-refractivity contribution is 6.12. The fraction of sp³-hybridized carbons (Fsp3) is 0.857. The third-order valence-electron chi connectivity index (χ3n) is 3.10. The van der Waals surface area contributed by atoms with Crippen molar-refractivity contribution in [2.75, 3.05) is 19.8 Å². The van der Waals surface area contributed by atoms with Crippen molar-refractivity contribution in [1.82, 2.24) is 0 Å². The van der Waals surface area contributed by atoms with Crippen LogP contribution in [-0.2, 0) is 14.3 Å². The van der Waals surface area contributed by atoms with Crippen LogP contribution in [0.5, 0.6) is 0 Å². The summed E-state index contributed by atoms with van der Waals surface area (Å²) in [5.41, 5.74) is 0.136. The number of aldehydes is 1. The Kier molecular flexibility index (Phi) is 7.13. The van der Waals surface area contributed by atoms with Gasteiger partial charge in [0.15, 0.2) is 12.6 Å². The Morgan fingerprint density at radius 3 is 2.94 bits per heavy atom. The van der Waals surface area contributed by atoms with Gasteiger partial charge in [-0.2, -0.15) is 0 Å². The molecule has 0 aromatic heterocycles. The zero-order chi connectivity index (χ0) is 13.3. The molecule has 0 radical (unpaired) electrons. The first kappa shape index (κ1) is 15.3. The first-order chi connectivity index (χ1) is 8.64. The van der Waals surface area contributed by atoms with E-state index < -0.39 is 0 Å². The van der Waals surface area contributed by atoms with Gasteiger partial charge in [-0.3, -0.25) is 9.79 Å². The highest BCUT2D eigenvalue weighted by atomic mass is 16.7. The minimum absolute atomic E-state index is 0.00823. The molecule has 18 heavy (non-hydrogen) atoms. The van der Waals surface area contributed by atoms with E-state index in [1.165, 1.54) is 12.6 Å². The minimum atomic E-state index is -0.00823. The van der Waals surface area contributed by atoms with Crippen LogP contribution in [0.1, 0.15) is 46.0 Å². The van der Waals surface area contributed by atoms with Crippen LogP contribution >= 0.6 is 0 Å². The zero-order valence-corrected chi connectivity index (χ0v) is 11.6. The molecular weight excluding hydrogens is 230 g/mol. The number of ether oxygens (including phenoxy) is 2. The van der Waals surface area contributed by atoms with Crippen LogP contribution in [0.4, 0.5) is 0 Å². The van der Waals surface area contributed by atoms with E-state index in [-0.39, 0.29) is 11.7 Å². The van der Waals surface area contributed by atoms with Gasteiger partial charge in [0.05, 0.1) is 12.8 Å². The fourth-order valence-corrected chi connectivity index (χ4v) is 2.00. The molecule has 0 bridgehead atoms. The average Bonchev–Trinajstić information content (AvgIpc) is 2.38. The van der Waals surface area contributed by atoms with Gasteiger partial charge in [0.2, 0.25) is 0 Å². The number of hydrogen-bond acceptors (Lipinski definition) is 4.